The molecule has 1 nitrogen and oxygen atoms in total. The van der Waals surface area contributed by atoms with Gasteiger partial charge in [-0.2, -0.15) is 0 Å². The lowest BCUT2D eigenvalue weighted by molar-refractivity contribution is 0.660. The van der Waals surface area contributed by atoms with Gasteiger partial charge in [0.05, 0.1) is 11.0 Å². The molecule has 0 radical (unpaired) electrons. The summed E-state index contributed by atoms with van der Waals surface area (Å²) in [4.78, 5) is 0. The van der Waals surface area contributed by atoms with Crippen LogP contribution in [0.3, 0.4) is 0 Å². The van der Waals surface area contributed by atoms with Crippen molar-refractivity contribution in [1.29, 1.82) is 0 Å². The van der Waals surface area contributed by atoms with Crippen LogP contribution in [0.2, 0.25) is 0 Å². The molecule has 0 bridgehead atoms. The van der Waals surface area contributed by atoms with Gasteiger partial charge >= 0.3 is 0 Å². The van der Waals surface area contributed by atoms with Crippen molar-refractivity contribution in [3.8, 4) is 39.1 Å². The molecule has 1 aromatic heterocycles. The Balaban J connectivity index is 1.18. The van der Waals surface area contributed by atoms with Gasteiger partial charge in [-0.25, -0.2) is 0 Å². The molecule has 0 N–H and O–H groups in total. The van der Waals surface area contributed by atoms with E-state index in [1.807, 2.05) is 0 Å². The fourth-order valence-corrected chi connectivity index (χ4v) is 7.51. The van der Waals surface area contributed by atoms with Crippen LogP contribution in [0.1, 0.15) is 25.0 Å². The van der Waals surface area contributed by atoms with Crippen molar-refractivity contribution >= 4 is 32.6 Å². The van der Waals surface area contributed by atoms with Crippen LogP contribution in [0.15, 0.2) is 152 Å². The van der Waals surface area contributed by atoms with E-state index in [9.17, 15) is 0 Å². The van der Waals surface area contributed by atoms with Crippen LogP contribution < -0.4 is 0 Å². The maximum atomic E-state index is 2.42. The van der Waals surface area contributed by atoms with Gasteiger partial charge in [0.2, 0.25) is 0 Å². The van der Waals surface area contributed by atoms with Crippen LogP contribution in [-0.4, -0.2) is 4.57 Å². The van der Waals surface area contributed by atoms with Crippen molar-refractivity contribution in [2.24, 2.45) is 0 Å². The first-order valence-corrected chi connectivity index (χ1v) is 15.4. The number of para-hydroxylation sites is 1. The maximum Gasteiger partial charge on any atom is 0.0547 e. The predicted molar refractivity (Wildman–Crippen MR) is 187 cm³/mol. The second kappa shape index (κ2) is 9.30. The molecule has 1 heterocycles. The largest absolute Gasteiger partial charge is 0.309 e. The number of hydrogen-bond acceptors (Lipinski definition) is 0. The summed E-state index contributed by atoms with van der Waals surface area (Å²) in [6, 6.07) is 56.0. The minimum atomic E-state index is -0.0131. The third-order valence-corrected chi connectivity index (χ3v) is 9.78. The molecule has 1 aliphatic rings. The second-order valence-corrected chi connectivity index (χ2v) is 12.6. The fourth-order valence-electron chi connectivity index (χ4n) is 7.51. The van der Waals surface area contributed by atoms with Crippen LogP contribution in [0.4, 0.5) is 0 Å². The van der Waals surface area contributed by atoms with Crippen LogP contribution in [0.25, 0.3) is 71.6 Å². The van der Waals surface area contributed by atoms with Gasteiger partial charge < -0.3 is 4.57 Å². The number of fused-ring (bicyclic) bond motifs is 7. The molecule has 0 saturated carbocycles. The van der Waals surface area contributed by atoms with E-state index in [1.165, 1.54) is 82.8 Å². The summed E-state index contributed by atoms with van der Waals surface area (Å²) in [5, 5.41) is 5.06. The average molecular weight is 562 g/mol. The van der Waals surface area contributed by atoms with Gasteiger partial charge in [-0.3, -0.25) is 0 Å². The van der Waals surface area contributed by atoms with Crippen LogP contribution >= 0.6 is 0 Å². The zero-order chi connectivity index (χ0) is 29.4. The van der Waals surface area contributed by atoms with Gasteiger partial charge in [0, 0.05) is 21.9 Å². The van der Waals surface area contributed by atoms with Gasteiger partial charge in [-0.05, 0) is 91.7 Å². The monoisotopic (exact) mass is 561 g/mol. The van der Waals surface area contributed by atoms with E-state index in [1.54, 1.807) is 0 Å². The van der Waals surface area contributed by atoms with Crippen molar-refractivity contribution < 1.29 is 0 Å². The Kier molecular flexibility index (Phi) is 5.31. The summed E-state index contributed by atoms with van der Waals surface area (Å²) in [6.45, 7) is 4.70. The molecular weight excluding hydrogens is 530 g/mol. The summed E-state index contributed by atoms with van der Waals surface area (Å²) < 4.78 is 2.42. The molecule has 0 saturated heterocycles. The molecule has 0 unspecified atom stereocenters. The van der Waals surface area contributed by atoms with Crippen LogP contribution in [0, 0.1) is 0 Å². The number of aromatic nitrogens is 1. The molecular formula is C43H31N. The van der Waals surface area contributed by atoms with Crippen molar-refractivity contribution in [1.82, 2.24) is 4.57 Å². The molecule has 0 amide bonds. The predicted octanol–water partition coefficient (Wildman–Crippen LogP) is 11.6. The first-order valence-electron chi connectivity index (χ1n) is 15.4. The van der Waals surface area contributed by atoms with E-state index in [2.05, 4.69) is 170 Å². The molecule has 44 heavy (non-hydrogen) atoms. The summed E-state index contributed by atoms with van der Waals surface area (Å²) in [7, 11) is 0. The highest BCUT2D eigenvalue weighted by atomic mass is 15.0. The van der Waals surface area contributed by atoms with Gasteiger partial charge in [-0.1, -0.05) is 129 Å². The lowest BCUT2D eigenvalue weighted by Crippen LogP contribution is -2.14. The van der Waals surface area contributed by atoms with E-state index >= 15 is 0 Å². The van der Waals surface area contributed by atoms with E-state index in [4.69, 9.17) is 0 Å². The normalized spacial score (nSPS) is 13.4. The summed E-state index contributed by atoms with van der Waals surface area (Å²) >= 11 is 0. The molecule has 1 aliphatic carbocycles. The number of hydrogen-bond donors (Lipinski definition) is 0. The van der Waals surface area contributed by atoms with Crippen molar-refractivity contribution in [3.63, 3.8) is 0 Å². The summed E-state index contributed by atoms with van der Waals surface area (Å²) in [6.07, 6.45) is 0. The third-order valence-electron chi connectivity index (χ3n) is 9.78. The maximum absolute atomic E-state index is 2.42. The van der Waals surface area contributed by atoms with Gasteiger partial charge in [0.1, 0.15) is 0 Å². The lowest BCUT2D eigenvalue weighted by Gasteiger charge is -2.22. The highest BCUT2D eigenvalue weighted by molar-refractivity contribution is 6.10. The van der Waals surface area contributed by atoms with E-state index in [-0.39, 0.29) is 5.41 Å². The Labute approximate surface area is 257 Å². The smallest absolute Gasteiger partial charge is 0.0547 e. The van der Waals surface area contributed by atoms with Gasteiger partial charge in [-0.15, -0.1) is 0 Å². The second-order valence-electron chi connectivity index (χ2n) is 12.6. The number of nitrogens with zero attached hydrogens (tertiary/aromatic N) is 1. The Morgan fingerprint density at radius 1 is 0.409 bits per heavy atom. The third kappa shape index (κ3) is 3.66. The van der Waals surface area contributed by atoms with Crippen molar-refractivity contribution in [3.05, 3.63) is 163 Å². The minimum Gasteiger partial charge on any atom is -0.309 e. The molecule has 0 atom stereocenters. The van der Waals surface area contributed by atoms with Crippen molar-refractivity contribution in [2.45, 2.75) is 19.3 Å². The Morgan fingerprint density at radius 3 is 1.95 bits per heavy atom. The average Bonchev–Trinajstić information content (AvgIpc) is 3.53. The molecule has 8 aromatic rings. The van der Waals surface area contributed by atoms with Crippen LogP contribution in [0.5, 0.6) is 0 Å². The zero-order valence-electron chi connectivity index (χ0n) is 24.9. The Hall–Kier alpha value is -5.40. The van der Waals surface area contributed by atoms with E-state index < -0.39 is 0 Å². The molecule has 0 fully saturated rings. The SMILES string of the molecule is CC1(C)c2ccccc2-c2ccc(-c3cccc(-c4ccc5c6ccccc6n(-c6ccc7ccccc7c6)c5c4)c3)cc21. The molecule has 7 aromatic carbocycles. The van der Waals surface area contributed by atoms with E-state index in [0.717, 1.165) is 0 Å². The standard InChI is InChI=1S/C43H31N/c1-43(2)39-16-7-5-14-35(39)36-22-19-32(26-40(36)43)29-12-9-13-30(24-29)33-20-23-38-37-15-6-8-17-41(37)44(42(38)27-33)34-21-18-28-10-3-4-11-31(28)25-34/h3-27H,1-2H3. The Morgan fingerprint density at radius 2 is 1.07 bits per heavy atom. The first-order chi connectivity index (χ1) is 21.6. The molecule has 1 heteroatoms. The summed E-state index contributed by atoms with van der Waals surface area (Å²) in [5.74, 6) is 0. The molecule has 208 valence electrons. The number of rotatable bonds is 3. The topological polar surface area (TPSA) is 4.93 Å². The van der Waals surface area contributed by atoms with Gasteiger partial charge in [0.15, 0.2) is 0 Å². The van der Waals surface area contributed by atoms with Gasteiger partial charge in [0.25, 0.3) is 0 Å². The minimum absolute atomic E-state index is 0.0131. The lowest BCUT2D eigenvalue weighted by atomic mass is 9.81. The van der Waals surface area contributed by atoms with E-state index in [0.29, 0.717) is 0 Å². The molecule has 9 rings (SSSR count). The van der Waals surface area contributed by atoms with Crippen molar-refractivity contribution in [2.75, 3.05) is 0 Å². The molecule has 0 aliphatic heterocycles. The van der Waals surface area contributed by atoms with Crippen LogP contribution in [-0.2, 0) is 5.41 Å². The fraction of sp³-hybridized carbons (Fsp3) is 0.0698. The first kappa shape index (κ1) is 25.1. The zero-order valence-corrected chi connectivity index (χ0v) is 24.9. The number of benzene rings is 7. The Bertz CT molecular complexity index is 2420. The molecule has 0 spiro atoms. The highest BCUT2D eigenvalue weighted by Crippen LogP contribution is 2.49. The quantitative estimate of drug-likeness (QED) is 0.202. The highest BCUT2D eigenvalue weighted by Gasteiger charge is 2.35. The summed E-state index contributed by atoms with van der Waals surface area (Å²) in [5.41, 5.74) is 14.1.